The maximum atomic E-state index is 2.29. The second-order valence-electron chi connectivity index (χ2n) is 4.18. The summed E-state index contributed by atoms with van der Waals surface area (Å²) in [6.45, 7) is 10.9. The first-order valence-electron chi connectivity index (χ1n) is 6.21. The summed E-state index contributed by atoms with van der Waals surface area (Å²) in [7, 11) is 0. The van der Waals surface area contributed by atoms with Crippen LogP contribution in [0.4, 0.5) is 0 Å². The molecule has 0 amide bonds. The van der Waals surface area contributed by atoms with Crippen LogP contribution in [-0.4, -0.2) is 0 Å². The first-order valence-corrected chi connectivity index (χ1v) is 6.21. The van der Waals surface area contributed by atoms with Gasteiger partial charge in [0, 0.05) is 0 Å². The Bertz CT molecular complexity index is 259. The Kier molecular flexibility index (Phi) is 8.08. The lowest BCUT2D eigenvalue weighted by atomic mass is 10.0. The lowest BCUT2D eigenvalue weighted by Crippen LogP contribution is -1.88. The highest BCUT2D eigenvalue weighted by atomic mass is 14.0. The third-order valence-corrected chi connectivity index (χ3v) is 2.52. The molecule has 0 aliphatic heterocycles. The molecular weight excluding hydrogens is 180 g/mol. The van der Waals surface area contributed by atoms with Crippen LogP contribution in [0.15, 0.2) is 18.2 Å². The summed E-state index contributed by atoms with van der Waals surface area (Å²) in [4.78, 5) is 0. The molecule has 0 heteroatoms. The van der Waals surface area contributed by atoms with Gasteiger partial charge in [0.15, 0.2) is 0 Å². The second-order valence-corrected chi connectivity index (χ2v) is 4.18. The largest absolute Gasteiger partial charge is 0.0654 e. The smallest absolute Gasteiger partial charge is 0.0279 e. The fourth-order valence-corrected chi connectivity index (χ4v) is 1.34. The van der Waals surface area contributed by atoms with Gasteiger partial charge in [-0.3, -0.25) is 0 Å². The summed E-state index contributed by atoms with van der Waals surface area (Å²) < 4.78 is 0. The van der Waals surface area contributed by atoms with Crippen molar-refractivity contribution in [2.24, 2.45) is 0 Å². The summed E-state index contributed by atoms with van der Waals surface area (Å²) in [6.07, 6.45) is 5.10. The molecule has 0 unspecified atom stereocenters. The first kappa shape index (κ1) is 14.2. The van der Waals surface area contributed by atoms with E-state index in [1.165, 1.54) is 42.4 Å². The zero-order valence-corrected chi connectivity index (χ0v) is 11.1. The van der Waals surface area contributed by atoms with Crippen molar-refractivity contribution in [2.45, 2.75) is 60.3 Å². The van der Waals surface area contributed by atoms with Gasteiger partial charge in [0.2, 0.25) is 0 Å². The molecule has 0 N–H and O–H groups in total. The van der Waals surface area contributed by atoms with Crippen LogP contribution in [0, 0.1) is 13.8 Å². The minimum atomic E-state index is 1.22. The van der Waals surface area contributed by atoms with E-state index < -0.39 is 0 Å². The first-order chi connectivity index (χ1) is 7.15. The summed E-state index contributed by atoms with van der Waals surface area (Å²) in [6, 6.07) is 6.67. The molecule has 0 spiro atoms. The van der Waals surface area contributed by atoms with Crippen molar-refractivity contribution in [3.05, 3.63) is 34.9 Å². The zero-order valence-electron chi connectivity index (χ0n) is 11.1. The molecule has 0 radical (unpaired) electrons. The predicted octanol–water partition coefficient (Wildman–Crippen LogP) is 5.06. The van der Waals surface area contributed by atoms with Crippen LogP contribution in [-0.2, 0) is 6.42 Å². The molecule has 0 fully saturated rings. The van der Waals surface area contributed by atoms with E-state index in [4.69, 9.17) is 0 Å². The standard InChI is InChI=1S/C11H16.C4H10/c1-4-5-11-8-9(2)6-7-10(11)3;1-3-4-2/h6-8H,4-5H2,1-3H3;3-4H2,1-2H3. The Hall–Kier alpha value is -0.780. The number of unbranched alkanes of at least 4 members (excludes halogenated alkanes) is 1. The van der Waals surface area contributed by atoms with Crippen LogP contribution in [0.3, 0.4) is 0 Å². The van der Waals surface area contributed by atoms with E-state index in [-0.39, 0.29) is 0 Å². The van der Waals surface area contributed by atoms with Crippen molar-refractivity contribution in [3.8, 4) is 0 Å². The highest BCUT2D eigenvalue weighted by Crippen LogP contribution is 2.12. The monoisotopic (exact) mass is 206 g/mol. The van der Waals surface area contributed by atoms with E-state index in [0.29, 0.717) is 0 Å². The van der Waals surface area contributed by atoms with Gasteiger partial charge in [-0.15, -0.1) is 0 Å². The molecule has 86 valence electrons. The fraction of sp³-hybridized carbons (Fsp3) is 0.600. The summed E-state index contributed by atoms with van der Waals surface area (Å²) in [5.41, 5.74) is 4.31. The number of hydrogen-bond acceptors (Lipinski definition) is 0. The van der Waals surface area contributed by atoms with Gasteiger partial charge in [-0.25, -0.2) is 0 Å². The Labute approximate surface area is 95.7 Å². The summed E-state index contributed by atoms with van der Waals surface area (Å²) >= 11 is 0. The van der Waals surface area contributed by atoms with E-state index in [0.717, 1.165) is 0 Å². The van der Waals surface area contributed by atoms with Crippen molar-refractivity contribution in [3.63, 3.8) is 0 Å². The molecule has 0 aliphatic rings. The molecule has 1 aromatic carbocycles. The van der Waals surface area contributed by atoms with Crippen molar-refractivity contribution >= 4 is 0 Å². The maximum Gasteiger partial charge on any atom is -0.0279 e. The minimum Gasteiger partial charge on any atom is -0.0654 e. The normalized spacial score (nSPS) is 9.40. The average Bonchev–Trinajstić information content (AvgIpc) is 2.24. The Morgan fingerprint density at radius 2 is 1.47 bits per heavy atom. The third kappa shape index (κ3) is 6.33. The molecule has 15 heavy (non-hydrogen) atoms. The van der Waals surface area contributed by atoms with Crippen LogP contribution in [0.1, 0.15) is 56.7 Å². The second kappa shape index (κ2) is 8.52. The van der Waals surface area contributed by atoms with Crippen LogP contribution in [0.5, 0.6) is 0 Å². The predicted molar refractivity (Wildman–Crippen MR) is 70.5 cm³/mol. The molecule has 1 rings (SSSR count). The van der Waals surface area contributed by atoms with Gasteiger partial charge >= 0.3 is 0 Å². The van der Waals surface area contributed by atoms with Gasteiger partial charge in [-0.1, -0.05) is 63.8 Å². The van der Waals surface area contributed by atoms with E-state index in [9.17, 15) is 0 Å². The lowest BCUT2D eigenvalue weighted by Gasteiger charge is -2.04. The molecule has 0 saturated heterocycles. The van der Waals surface area contributed by atoms with Crippen LogP contribution in [0.2, 0.25) is 0 Å². The van der Waals surface area contributed by atoms with E-state index in [1.807, 2.05) is 0 Å². The highest BCUT2D eigenvalue weighted by molar-refractivity contribution is 5.30. The van der Waals surface area contributed by atoms with Crippen LogP contribution < -0.4 is 0 Å². The van der Waals surface area contributed by atoms with Crippen LogP contribution in [0.25, 0.3) is 0 Å². The van der Waals surface area contributed by atoms with Gasteiger partial charge in [0.05, 0.1) is 0 Å². The summed E-state index contributed by atoms with van der Waals surface area (Å²) in [5, 5.41) is 0. The fourth-order valence-electron chi connectivity index (χ4n) is 1.34. The Morgan fingerprint density at radius 1 is 0.867 bits per heavy atom. The average molecular weight is 206 g/mol. The molecule has 0 heterocycles. The van der Waals surface area contributed by atoms with E-state index in [1.54, 1.807) is 0 Å². The summed E-state index contributed by atoms with van der Waals surface area (Å²) in [5.74, 6) is 0. The minimum absolute atomic E-state index is 1.22. The Morgan fingerprint density at radius 3 is 1.93 bits per heavy atom. The SMILES string of the molecule is CCCC.CCCc1cc(C)ccc1C. The third-order valence-electron chi connectivity index (χ3n) is 2.52. The topological polar surface area (TPSA) is 0 Å². The highest BCUT2D eigenvalue weighted by Gasteiger charge is 1.95. The molecule has 0 bridgehead atoms. The number of aryl methyl sites for hydroxylation is 3. The van der Waals surface area contributed by atoms with Crippen molar-refractivity contribution in [1.82, 2.24) is 0 Å². The molecule has 1 aromatic rings. The Balaban J connectivity index is 0.000000423. The molecule has 0 aliphatic carbocycles. The van der Waals surface area contributed by atoms with Crippen molar-refractivity contribution in [1.29, 1.82) is 0 Å². The van der Waals surface area contributed by atoms with Crippen LogP contribution >= 0.6 is 0 Å². The van der Waals surface area contributed by atoms with Crippen molar-refractivity contribution < 1.29 is 0 Å². The zero-order chi connectivity index (χ0) is 11.7. The molecule has 0 saturated carbocycles. The molecular formula is C15H26. The van der Waals surface area contributed by atoms with Crippen molar-refractivity contribution in [2.75, 3.05) is 0 Å². The molecule has 0 aromatic heterocycles. The van der Waals surface area contributed by atoms with E-state index >= 15 is 0 Å². The number of hydrogen-bond donors (Lipinski definition) is 0. The maximum absolute atomic E-state index is 2.29. The van der Waals surface area contributed by atoms with Gasteiger partial charge in [0.1, 0.15) is 0 Å². The molecule has 0 nitrogen and oxygen atoms in total. The number of benzene rings is 1. The van der Waals surface area contributed by atoms with Gasteiger partial charge in [-0.05, 0) is 31.4 Å². The lowest BCUT2D eigenvalue weighted by molar-refractivity contribution is 0.886. The van der Waals surface area contributed by atoms with E-state index in [2.05, 4.69) is 52.8 Å². The quantitative estimate of drug-likeness (QED) is 0.648. The van der Waals surface area contributed by atoms with Gasteiger partial charge in [-0.2, -0.15) is 0 Å². The van der Waals surface area contributed by atoms with Gasteiger partial charge < -0.3 is 0 Å². The molecule has 0 atom stereocenters. The number of rotatable bonds is 3. The van der Waals surface area contributed by atoms with Gasteiger partial charge in [0.25, 0.3) is 0 Å².